The first-order valence-corrected chi connectivity index (χ1v) is 8.70. The minimum Gasteiger partial charge on any atom is -0.349 e. The predicted molar refractivity (Wildman–Crippen MR) is 94.5 cm³/mol. The van der Waals surface area contributed by atoms with Gasteiger partial charge in [-0.25, -0.2) is 14.4 Å². The molecule has 128 valence electrons. The highest BCUT2D eigenvalue weighted by atomic mass is 32.2. The van der Waals surface area contributed by atoms with Crippen LogP contribution in [0.1, 0.15) is 42.4 Å². The molecule has 0 bridgehead atoms. The number of thioether (sulfide) groups is 1. The minimum absolute atomic E-state index is 0.101. The highest BCUT2D eigenvalue weighted by molar-refractivity contribution is 8.00. The zero-order valence-electron chi connectivity index (χ0n) is 14.6. The molecule has 0 saturated heterocycles. The van der Waals surface area contributed by atoms with E-state index in [0.717, 1.165) is 22.5 Å². The Morgan fingerprint density at radius 2 is 1.62 bits per heavy atom. The van der Waals surface area contributed by atoms with E-state index in [9.17, 15) is 9.18 Å². The molecule has 2 atom stereocenters. The number of nitrogens with zero attached hydrogens (tertiary/aromatic N) is 2. The van der Waals surface area contributed by atoms with Gasteiger partial charge in [-0.3, -0.25) is 4.79 Å². The molecule has 1 aromatic heterocycles. The first-order chi connectivity index (χ1) is 11.3. The fourth-order valence-electron chi connectivity index (χ4n) is 2.17. The lowest BCUT2D eigenvalue weighted by molar-refractivity contribution is -0.120. The number of hydrogen-bond acceptors (Lipinski definition) is 4. The standard InChI is InChI=1S/C18H22FN3OS/c1-10-11(2)21-18(22-12(10)3)24-14(5)17(23)20-13(4)15-6-8-16(19)9-7-15/h6-9,13-14H,1-5H3,(H,20,23)/t13-,14-/m1/s1. The maximum Gasteiger partial charge on any atom is 0.233 e. The largest absolute Gasteiger partial charge is 0.349 e. The summed E-state index contributed by atoms with van der Waals surface area (Å²) in [6.07, 6.45) is 0. The Hall–Kier alpha value is -1.95. The Morgan fingerprint density at radius 3 is 2.17 bits per heavy atom. The normalized spacial score (nSPS) is 13.4. The van der Waals surface area contributed by atoms with Crippen LogP contribution in [-0.4, -0.2) is 21.1 Å². The molecular weight excluding hydrogens is 325 g/mol. The van der Waals surface area contributed by atoms with Crippen molar-refractivity contribution in [3.8, 4) is 0 Å². The van der Waals surface area contributed by atoms with Crippen molar-refractivity contribution in [3.05, 3.63) is 52.6 Å². The van der Waals surface area contributed by atoms with E-state index in [1.54, 1.807) is 12.1 Å². The molecule has 1 aromatic carbocycles. The van der Waals surface area contributed by atoms with Gasteiger partial charge in [0.25, 0.3) is 0 Å². The van der Waals surface area contributed by atoms with Gasteiger partial charge in [0, 0.05) is 11.4 Å². The molecular formula is C18H22FN3OS. The van der Waals surface area contributed by atoms with Gasteiger partial charge in [-0.15, -0.1) is 0 Å². The van der Waals surface area contributed by atoms with Crippen LogP contribution in [0.25, 0.3) is 0 Å². The van der Waals surface area contributed by atoms with E-state index < -0.39 is 0 Å². The van der Waals surface area contributed by atoms with Crippen LogP contribution in [0.15, 0.2) is 29.4 Å². The smallest absolute Gasteiger partial charge is 0.233 e. The lowest BCUT2D eigenvalue weighted by Gasteiger charge is -2.17. The van der Waals surface area contributed by atoms with E-state index in [1.807, 2.05) is 34.6 Å². The van der Waals surface area contributed by atoms with E-state index in [1.165, 1.54) is 23.9 Å². The lowest BCUT2D eigenvalue weighted by atomic mass is 10.1. The molecule has 0 saturated carbocycles. The number of hydrogen-bond donors (Lipinski definition) is 1. The van der Waals surface area contributed by atoms with Crippen molar-refractivity contribution in [2.75, 3.05) is 0 Å². The van der Waals surface area contributed by atoms with Crippen LogP contribution < -0.4 is 5.32 Å². The Balaban J connectivity index is 2.00. The number of carbonyl (C=O) groups is 1. The third kappa shape index (κ3) is 4.54. The number of amides is 1. The van der Waals surface area contributed by atoms with Crippen molar-refractivity contribution in [1.82, 2.24) is 15.3 Å². The fourth-order valence-corrected chi connectivity index (χ4v) is 3.04. The average molecular weight is 347 g/mol. The molecule has 6 heteroatoms. The number of benzene rings is 1. The zero-order valence-corrected chi connectivity index (χ0v) is 15.4. The van der Waals surface area contributed by atoms with Gasteiger partial charge >= 0.3 is 0 Å². The number of rotatable bonds is 5. The third-order valence-corrected chi connectivity index (χ3v) is 4.95. The molecule has 4 nitrogen and oxygen atoms in total. The summed E-state index contributed by atoms with van der Waals surface area (Å²) in [7, 11) is 0. The summed E-state index contributed by atoms with van der Waals surface area (Å²) in [4.78, 5) is 21.2. The highest BCUT2D eigenvalue weighted by Gasteiger charge is 2.19. The summed E-state index contributed by atoms with van der Waals surface area (Å²) in [6.45, 7) is 9.56. The molecule has 1 N–H and O–H groups in total. The first-order valence-electron chi connectivity index (χ1n) is 7.82. The van der Waals surface area contributed by atoms with Crippen LogP contribution in [-0.2, 0) is 4.79 Å². The van der Waals surface area contributed by atoms with Gasteiger partial charge < -0.3 is 5.32 Å². The predicted octanol–water partition coefficient (Wildman–Crippen LogP) is 3.90. The number of nitrogens with one attached hydrogen (secondary N) is 1. The molecule has 0 spiro atoms. The van der Waals surface area contributed by atoms with Crippen molar-refractivity contribution in [1.29, 1.82) is 0 Å². The molecule has 2 rings (SSSR count). The Kier molecular flexibility index (Phi) is 5.94. The van der Waals surface area contributed by atoms with Crippen LogP contribution in [0, 0.1) is 26.6 Å². The Labute approximate surface area is 146 Å². The van der Waals surface area contributed by atoms with Crippen LogP contribution in [0.3, 0.4) is 0 Å². The van der Waals surface area contributed by atoms with E-state index in [4.69, 9.17) is 0 Å². The van der Waals surface area contributed by atoms with Crippen molar-refractivity contribution in [2.45, 2.75) is 51.1 Å². The topological polar surface area (TPSA) is 54.9 Å². The SMILES string of the molecule is Cc1nc(S[C@H](C)C(=O)N[C@H](C)c2ccc(F)cc2)nc(C)c1C. The van der Waals surface area contributed by atoms with E-state index >= 15 is 0 Å². The van der Waals surface area contributed by atoms with E-state index in [-0.39, 0.29) is 23.0 Å². The van der Waals surface area contributed by atoms with Gasteiger partial charge in [0.2, 0.25) is 5.91 Å². The van der Waals surface area contributed by atoms with Crippen LogP contribution in [0.5, 0.6) is 0 Å². The average Bonchev–Trinajstić information content (AvgIpc) is 2.52. The van der Waals surface area contributed by atoms with Crippen molar-refractivity contribution >= 4 is 17.7 Å². The number of carbonyl (C=O) groups excluding carboxylic acids is 1. The highest BCUT2D eigenvalue weighted by Crippen LogP contribution is 2.23. The van der Waals surface area contributed by atoms with Gasteiger partial charge in [-0.1, -0.05) is 23.9 Å². The molecule has 2 aromatic rings. The lowest BCUT2D eigenvalue weighted by Crippen LogP contribution is -2.33. The van der Waals surface area contributed by atoms with Crippen molar-refractivity contribution < 1.29 is 9.18 Å². The van der Waals surface area contributed by atoms with Crippen molar-refractivity contribution in [2.24, 2.45) is 0 Å². The van der Waals surface area contributed by atoms with Gasteiger partial charge in [-0.05, 0) is 57.9 Å². The maximum atomic E-state index is 13.0. The van der Waals surface area contributed by atoms with Gasteiger partial charge in [0.05, 0.1) is 11.3 Å². The summed E-state index contributed by atoms with van der Waals surface area (Å²) >= 11 is 1.33. The van der Waals surface area contributed by atoms with Gasteiger partial charge in [0.1, 0.15) is 5.82 Å². The van der Waals surface area contributed by atoms with E-state index in [0.29, 0.717) is 5.16 Å². The number of aromatic nitrogens is 2. The third-order valence-electron chi connectivity index (χ3n) is 3.99. The fraction of sp³-hybridized carbons (Fsp3) is 0.389. The van der Waals surface area contributed by atoms with Crippen LogP contribution >= 0.6 is 11.8 Å². The Morgan fingerprint density at radius 1 is 1.08 bits per heavy atom. The molecule has 0 aliphatic heterocycles. The quantitative estimate of drug-likeness (QED) is 0.658. The molecule has 1 amide bonds. The molecule has 0 fully saturated rings. The second kappa shape index (κ2) is 7.75. The summed E-state index contributed by atoms with van der Waals surface area (Å²) < 4.78 is 13.0. The van der Waals surface area contributed by atoms with Crippen molar-refractivity contribution in [3.63, 3.8) is 0 Å². The summed E-state index contributed by atoms with van der Waals surface area (Å²) in [5.74, 6) is -0.389. The monoisotopic (exact) mass is 347 g/mol. The molecule has 1 heterocycles. The van der Waals surface area contributed by atoms with Gasteiger partial charge in [0.15, 0.2) is 5.16 Å². The second-order valence-electron chi connectivity index (χ2n) is 5.84. The number of halogens is 1. The van der Waals surface area contributed by atoms with Crippen LogP contribution in [0.2, 0.25) is 0 Å². The number of aryl methyl sites for hydroxylation is 2. The molecule has 0 aliphatic carbocycles. The first kappa shape index (κ1) is 18.4. The molecule has 0 unspecified atom stereocenters. The minimum atomic E-state index is -0.325. The summed E-state index contributed by atoms with van der Waals surface area (Å²) in [5.41, 5.74) is 3.79. The zero-order chi connectivity index (χ0) is 17.9. The molecule has 0 radical (unpaired) electrons. The van der Waals surface area contributed by atoms with Crippen LogP contribution in [0.4, 0.5) is 4.39 Å². The summed E-state index contributed by atoms with van der Waals surface area (Å²) in [6, 6.07) is 5.94. The Bertz CT molecular complexity index is 711. The van der Waals surface area contributed by atoms with Gasteiger partial charge in [-0.2, -0.15) is 0 Å². The molecule has 24 heavy (non-hydrogen) atoms. The molecule has 0 aliphatic rings. The van der Waals surface area contributed by atoms with E-state index in [2.05, 4.69) is 15.3 Å². The summed E-state index contributed by atoms with van der Waals surface area (Å²) in [5, 5.41) is 3.22. The maximum absolute atomic E-state index is 13.0. The second-order valence-corrected chi connectivity index (χ2v) is 7.15.